The maximum Gasteiger partial charge on any atom is 0.400 e. The summed E-state index contributed by atoms with van der Waals surface area (Å²) in [6, 6.07) is 0. The van der Waals surface area contributed by atoms with Gasteiger partial charge in [-0.1, -0.05) is 49.3 Å². The normalized spacial score (nSPS) is 37.0. The molecule has 0 heterocycles. The molecule has 5 heteroatoms. The number of hydrogen-bond donors (Lipinski definition) is 1. The van der Waals surface area contributed by atoms with Crippen LogP contribution in [0.4, 0.5) is 8.78 Å². The Labute approximate surface area is 181 Å². The smallest absolute Gasteiger partial charge is 0.400 e. The van der Waals surface area contributed by atoms with Crippen LogP contribution in [0.3, 0.4) is 0 Å². The first kappa shape index (κ1) is 22.1. The molecule has 2 nitrogen and oxygen atoms in total. The van der Waals surface area contributed by atoms with Crippen molar-refractivity contribution in [2.75, 3.05) is 4.43 Å². The summed E-state index contributed by atoms with van der Waals surface area (Å²) in [4.78, 5) is 0. The van der Waals surface area contributed by atoms with Crippen LogP contribution in [-0.4, -0.2) is 15.6 Å². The third kappa shape index (κ3) is 5.51. The zero-order valence-corrected chi connectivity index (χ0v) is 19.1. The van der Waals surface area contributed by atoms with E-state index in [0.29, 0.717) is 23.2 Å². The summed E-state index contributed by atoms with van der Waals surface area (Å²) < 4.78 is 35.7. The molecule has 0 spiro atoms. The summed E-state index contributed by atoms with van der Waals surface area (Å²) in [6.07, 6.45) is 11.1. The van der Waals surface area contributed by atoms with E-state index in [2.05, 4.69) is 29.5 Å². The number of aliphatic hydroxyl groups is 1. The van der Waals surface area contributed by atoms with E-state index in [1.807, 2.05) is 6.92 Å². The maximum absolute atomic E-state index is 14.9. The molecule has 0 aromatic carbocycles. The number of hydrogen-bond acceptors (Lipinski definition) is 2. The molecule has 28 heavy (non-hydrogen) atoms. The van der Waals surface area contributed by atoms with Gasteiger partial charge in [0, 0.05) is 9.84 Å². The van der Waals surface area contributed by atoms with Crippen molar-refractivity contribution in [1.29, 1.82) is 0 Å². The molecule has 0 amide bonds. The summed E-state index contributed by atoms with van der Waals surface area (Å²) in [7, 11) is 0. The predicted molar refractivity (Wildman–Crippen MR) is 118 cm³/mol. The number of alkyl halides is 3. The summed E-state index contributed by atoms with van der Waals surface area (Å²) in [5.74, 6) is 1.68. The molecule has 0 bridgehead atoms. The van der Waals surface area contributed by atoms with Gasteiger partial charge in [-0.2, -0.15) is 8.78 Å². The Morgan fingerprint density at radius 1 is 1.04 bits per heavy atom. The highest BCUT2D eigenvalue weighted by atomic mass is 127. The Morgan fingerprint density at radius 3 is 2.18 bits per heavy atom. The molecular weight excluding hydrogens is 473 g/mol. The van der Waals surface area contributed by atoms with Gasteiger partial charge in [-0.25, -0.2) is 0 Å². The molecule has 3 aliphatic rings. The van der Waals surface area contributed by atoms with Gasteiger partial charge in [0.05, 0.1) is 5.92 Å². The molecule has 0 saturated heterocycles. The summed E-state index contributed by atoms with van der Waals surface area (Å²) >= 11 is 2.19. The van der Waals surface area contributed by atoms with E-state index in [1.54, 1.807) is 12.2 Å². The Bertz CT molecular complexity index is 627. The van der Waals surface area contributed by atoms with Crippen LogP contribution >= 0.6 is 22.6 Å². The first-order valence-electron chi connectivity index (χ1n) is 10.7. The van der Waals surface area contributed by atoms with Crippen molar-refractivity contribution in [3.05, 3.63) is 35.8 Å². The van der Waals surface area contributed by atoms with Crippen LogP contribution in [0.25, 0.3) is 0 Å². The molecule has 158 valence electrons. The average molecular weight is 506 g/mol. The number of allylic oxidation sites excluding steroid dienone is 4. The lowest BCUT2D eigenvalue weighted by atomic mass is 9.69. The van der Waals surface area contributed by atoms with Crippen molar-refractivity contribution in [3.8, 4) is 0 Å². The molecule has 3 aliphatic carbocycles. The lowest BCUT2D eigenvalue weighted by Crippen LogP contribution is -2.36. The summed E-state index contributed by atoms with van der Waals surface area (Å²) in [5, 5.41) is 9.88. The lowest BCUT2D eigenvalue weighted by Gasteiger charge is -2.39. The lowest BCUT2D eigenvalue weighted by molar-refractivity contribution is -0.254. The van der Waals surface area contributed by atoms with Crippen molar-refractivity contribution in [2.45, 2.75) is 71.3 Å². The highest BCUT2D eigenvalue weighted by Crippen LogP contribution is 2.46. The van der Waals surface area contributed by atoms with E-state index in [9.17, 15) is 13.9 Å². The monoisotopic (exact) mass is 506 g/mol. The SMILES string of the molecule is CC1CCC(C2CCC(C(F)(F)OC3=CC(C)(CI)C=C(O)C=C3)CC2)CC1. The standard InChI is InChI=1S/C23H33F2IO2/c1-16-3-5-17(6-4-16)18-7-9-19(10-8-18)23(24,25)28-21-12-11-20(27)13-22(2,14-21)15-26/h11-14,16-19,27H,3-10,15H2,1-2H3. The second-order valence-electron chi connectivity index (χ2n) is 9.38. The second-order valence-corrected chi connectivity index (χ2v) is 10.1. The summed E-state index contributed by atoms with van der Waals surface area (Å²) in [6.45, 7) is 4.22. The van der Waals surface area contributed by atoms with E-state index < -0.39 is 17.4 Å². The average Bonchev–Trinajstić information content (AvgIpc) is 2.80. The molecule has 2 saturated carbocycles. The molecule has 0 aliphatic heterocycles. The quantitative estimate of drug-likeness (QED) is 0.308. The second kappa shape index (κ2) is 9.05. The molecule has 0 radical (unpaired) electrons. The summed E-state index contributed by atoms with van der Waals surface area (Å²) in [5.41, 5.74) is -0.505. The fourth-order valence-corrected chi connectivity index (χ4v) is 5.47. The number of aliphatic hydroxyl groups excluding tert-OH is 1. The first-order valence-corrected chi connectivity index (χ1v) is 12.2. The van der Waals surface area contributed by atoms with Crippen LogP contribution in [0.1, 0.15) is 65.2 Å². The van der Waals surface area contributed by atoms with E-state index in [0.717, 1.165) is 24.7 Å². The fourth-order valence-electron chi connectivity index (χ4n) is 5.03. The zero-order chi connectivity index (χ0) is 20.4. The highest BCUT2D eigenvalue weighted by molar-refractivity contribution is 14.1. The Kier molecular flexibility index (Phi) is 7.14. The van der Waals surface area contributed by atoms with Gasteiger partial charge in [0.2, 0.25) is 0 Å². The topological polar surface area (TPSA) is 29.5 Å². The minimum atomic E-state index is -3.17. The van der Waals surface area contributed by atoms with Crippen LogP contribution < -0.4 is 0 Å². The zero-order valence-electron chi connectivity index (χ0n) is 17.0. The van der Waals surface area contributed by atoms with Gasteiger partial charge in [-0.05, 0) is 80.6 Å². The Balaban J connectivity index is 1.59. The van der Waals surface area contributed by atoms with Crippen LogP contribution in [0.15, 0.2) is 35.8 Å². The Hall–Kier alpha value is -0.590. The van der Waals surface area contributed by atoms with Gasteiger partial charge < -0.3 is 9.84 Å². The van der Waals surface area contributed by atoms with Crippen molar-refractivity contribution >= 4 is 22.6 Å². The number of halogens is 3. The molecule has 1 atom stereocenters. The number of ether oxygens (including phenoxy) is 1. The van der Waals surface area contributed by atoms with E-state index in [1.165, 1.54) is 37.8 Å². The van der Waals surface area contributed by atoms with Gasteiger partial charge in [-0.15, -0.1) is 0 Å². The third-order valence-corrected chi connectivity index (χ3v) is 8.53. The Morgan fingerprint density at radius 2 is 1.61 bits per heavy atom. The highest BCUT2D eigenvalue weighted by Gasteiger charge is 2.45. The largest absolute Gasteiger partial charge is 0.508 e. The van der Waals surface area contributed by atoms with Gasteiger partial charge in [0.1, 0.15) is 11.5 Å². The molecule has 3 rings (SSSR count). The molecule has 0 aromatic heterocycles. The van der Waals surface area contributed by atoms with Gasteiger partial charge in [0.15, 0.2) is 0 Å². The minimum absolute atomic E-state index is 0.0830. The molecule has 2 fully saturated rings. The van der Waals surface area contributed by atoms with Crippen LogP contribution in [0, 0.1) is 29.1 Å². The van der Waals surface area contributed by atoms with E-state index in [-0.39, 0.29) is 11.5 Å². The third-order valence-electron chi connectivity index (χ3n) is 6.88. The van der Waals surface area contributed by atoms with Crippen molar-refractivity contribution in [3.63, 3.8) is 0 Å². The maximum atomic E-state index is 14.9. The minimum Gasteiger partial charge on any atom is -0.508 e. The van der Waals surface area contributed by atoms with Crippen molar-refractivity contribution < 1.29 is 18.6 Å². The predicted octanol–water partition coefficient (Wildman–Crippen LogP) is 7.57. The molecule has 1 unspecified atom stereocenters. The van der Waals surface area contributed by atoms with E-state index in [4.69, 9.17) is 4.74 Å². The first-order chi connectivity index (χ1) is 13.2. The van der Waals surface area contributed by atoms with Crippen molar-refractivity contribution in [2.24, 2.45) is 29.1 Å². The fraction of sp³-hybridized carbons (Fsp3) is 0.739. The molecular formula is C23H33F2IO2. The van der Waals surface area contributed by atoms with Gasteiger partial charge in [0.25, 0.3) is 0 Å². The van der Waals surface area contributed by atoms with E-state index >= 15 is 0 Å². The van der Waals surface area contributed by atoms with Crippen LogP contribution in [0.5, 0.6) is 0 Å². The number of rotatable bonds is 5. The van der Waals surface area contributed by atoms with Gasteiger partial charge >= 0.3 is 6.11 Å². The van der Waals surface area contributed by atoms with Crippen molar-refractivity contribution in [1.82, 2.24) is 0 Å². The molecule has 0 aromatic rings. The van der Waals surface area contributed by atoms with Gasteiger partial charge in [-0.3, -0.25) is 0 Å². The van der Waals surface area contributed by atoms with Crippen LogP contribution in [0.2, 0.25) is 0 Å². The molecule has 1 N–H and O–H groups in total. The van der Waals surface area contributed by atoms with Crippen LogP contribution in [-0.2, 0) is 4.74 Å².